The average Bonchev–Trinajstić information content (AvgIpc) is 2.83. The highest BCUT2D eigenvalue weighted by Crippen LogP contribution is 2.36. The highest BCUT2D eigenvalue weighted by molar-refractivity contribution is 5.97. The van der Waals surface area contributed by atoms with E-state index in [1.165, 1.54) is 32.1 Å². The third-order valence-electron chi connectivity index (χ3n) is 4.66. The second-order valence-electron chi connectivity index (χ2n) is 5.84. The van der Waals surface area contributed by atoms with Gasteiger partial charge in [0.15, 0.2) is 5.78 Å². The smallest absolute Gasteiger partial charge is 0.176 e. The number of rotatable bonds is 3. The summed E-state index contributed by atoms with van der Waals surface area (Å²) >= 11 is 0. The summed E-state index contributed by atoms with van der Waals surface area (Å²) in [4.78, 5) is 14.6. The molecule has 2 atom stereocenters. The Hall–Kier alpha value is -1.35. The van der Waals surface area contributed by atoms with Gasteiger partial charge in [-0.15, -0.1) is 0 Å². The Balaban J connectivity index is 1.65. The lowest BCUT2D eigenvalue weighted by atomic mass is 9.85. The quantitative estimate of drug-likeness (QED) is 0.849. The standard InChI is InChI=1S/C16H21NO2/c18-14-7-5-13(6-8-14)16(19)11-17-10-9-12-3-1-2-4-15(12)17/h5-8,12,15,18H,1-4,9-11H2. The van der Waals surface area contributed by atoms with Crippen LogP contribution in [-0.2, 0) is 0 Å². The van der Waals surface area contributed by atoms with Crippen LogP contribution < -0.4 is 0 Å². The first-order valence-corrected chi connectivity index (χ1v) is 7.30. The van der Waals surface area contributed by atoms with Crippen molar-refractivity contribution in [3.8, 4) is 5.75 Å². The molecule has 1 aliphatic carbocycles. The van der Waals surface area contributed by atoms with Gasteiger partial charge in [0.2, 0.25) is 0 Å². The molecule has 102 valence electrons. The predicted octanol–water partition coefficient (Wildman–Crippen LogP) is 2.84. The van der Waals surface area contributed by atoms with Crippen molar-refractivity contribution < 1.29 is 9.90 Å². The molecule has 0 spiro atoms. The lowest BCUT2D eigenvalue weighted by Gasteiger charge is -2.31. The number of ketones is 1. The van der Waals surface area contributed by atoms with Crippen LogP contribution in [-0.4, -0.2) is 34.9 Å². The van der Waals surface area contributed by atoms with E-state index in [0.717, 1.165) is 12.5 Å². The molecule has 3 heteroatoms. The molecule has 2 fully saturated rings. The van der Waals surface area contributed by atoms with Crippen molar-refractivity contribution in [2.45, 2.75) is 38.1 Å². The number of benzene rings is 1. The summed E-state index contributed by atoms with van der Waals surface area (Å²) < 4.78 is 0. The number of likely N-dealkylation sites (tertiary alicyclic amines) is 1. The van der Waals surface area contributed by atoms with Gasteiger partial charge in [-0.3, -0.25) is 9.69 Å². The number of nitrogens with zero attached hydrogens (tertiary/aromatic N) is 1. The maximum Gasteiger partial charge on any atom is 0.176 e. The zero-order chi connectivity index (χ0) is 13.2. The first-order valence-electron chi connectivity index (χ1n) is 7.30. The van der Waals surface area contributed by atoms with E-state index in [1.54, 1.807) is 24.3 Å². The van der Waals surface area contributed by atoms with Crippen LogP contribution in [0.25, 0.3) is 0 Å². The van der Waals surface area contributed by atoms with E-state index < -0.39 is 0 Å². The van der Waals surface area contributed by atoms with E-state index in [4.69, 9.17) is 0 Å². The van der Waals surface area contributed by atoms with Gasteiger partial charge in [-0.25, -0.2) is 0 Å². The summed E-state index contributed by atoms with van der Waals surface area (Å²) in [5, 5.41) is 9.26. The number of aromatic hydroxyl groups is 1. The summed E-state index contributed by atoms with van der Waals surface area (Å²) in [6.07, 6.45) is 6.53. The molecule has 1 aromatic carbocycles. The summed E-state index contributed by atoms with van der Waals surface area (Å²) in [5.74, 6) is 1.21. The van der Waals surface area contributed by atoms with Crippen molar-refractivity contribution in [2.75, 3.05) is 13.1 Å². The van der Waals surface area contributed by atoms with Crippen LogP contribution >= 0.6 is 0 Å². The van der Waals surface area contributed by atoms with Gasteiger partial charge < -0.3 is 5.11 Å². The molecule has 1 N–H and O–H groups in total. The molecule has 1 aromatic rings. The second kappa shape index (κ2) is 5.33. The Kier molecular flexibility index (Phi) is 3.56. The molecule has 1 aliphatic heterocycles. The van der Waals surface area contributed by atoms with E-state index in [1.807, 2.05) is 0 Å². The molecule has 19 heavy (non-hydrogen) atoms. The number of carbonyl (C=O) groups is 1. The normalized spacial score (nSPS) is 27.2. The Morgan fingerprint density at radius 1 is 1.16 bits per heavy atom. The van der Waals surface area contributed by atoms with Gasteiger partial charge in [-0.05, 0) is 56.0 Å². The molecule has 1 saturated carbocycles. The largest absolute Gasteiger partial charge is 0.508 e. The highest BCUT2D eigenvalue weighted by atomic mass is 16.3. The van der Waals surface area contributed by atoms with E-state index in [0.29, 0.717) is 18.2 Å². The summed E-state index contributed by atoms with van der Waals surface area (Å²) in [7, 11) is 0. The van der Waals surface area contributed by atoms with Crippen molar-refractivity contribution in [3.63, 3.8) is 0 Å². The summed E-state index contributed by atoms with van der Waals surface area (Å²) in [6, 6.07) is 7.23. The number of Topliss-reactive ketones (excluding diaryl/α,β-unsaturated/α-hetero) is 1. The highest BCUT2D eigenvalue weighted by Gasteiger charge is 2.36. The van der Waals surface area contributed by atoms with Crippen LogP contribution in [0.5, 0.6) is 5.75 Å². The van der Waals surface area contributed by atoms with Crippen LogP contribution in [0.3, 0.4) is 0 Å². The lowest BCUT2D eigenvalue weighted by Crippen LogP contribution is -2.38. The molecular formula is C16H21NO2. The molecule has 2 unspecified atom stereocenters. The van der Waals surface area contributed by atoms with Crippen molar-refractivity contribution in [3.05, 3.63) is 29.8 Å². The molecule has 0 bridgehead atoms. The van der Waals surface area contributed by atoms with Crippen LogP contribution in [0.1, 0.15) is 42.5 Å². The molecular weight excluding hydrogens is 238 g/mol. The van der Waals surface area contributed by atoms with Crippen LogP contribution in [0.2, 0.25) is 0 Å². The SMILES string of the molecule is O=C(CN1CCC2CCCCC21)c1ccc(O)cc1. The number of hydrogen-bond donors (Lipinski definition) is 1. The Bertz CT molecular complexity index is 454. The van der Waals surface area contributed by atoms with Gasteiger partial charge in [0.05, 0.1) is 6.54 Å². The van der Waals surface area contributed by atoms with Gasteiger partial charge in [-0.2, -0.15) is 0 Å². The second-order valence-corrected chi connectivity index (χ2v) is 5.84. The fourth-order valence-electron chi connectivity index (χ4n) is 3.62. The van der Waals surface area contributed by atoms with E-state index in [9.17, 15) is 9.90 Å². The van der Waals surface area contributed by atoms with Gasteiger partial charge in [-0.1, -0.05) is 12.8 Å². The molecule has 1 saturated heterocycles. The molecule has 2 aliphatic rings. The average molecular weight is 259 g/mol. The molecule has 0 amide bonds. The Labute approximate surface area is 114 Å². The van der Waals surface area contributed by atoms with Crippen LogP contribution in [0.4, 0.5) is 0 Å². The summed E-state index contributed by atoms with van der Waals surface area (Å²) in [6.45, 7) is 1.60. The number of phenols is 1. The summed E-state index contributed by atoms with van der Waals surface area (Å²) in [5.41, 5.74) is 0.706. The fourth-order valence-corrected chi connectivity index (χ4v) is 3.62. The van der Waals surface area contributed by atoms with Gasteiger partial charge in [0, 0.05) is 11.6 Å². The molecule has 0 radical (unpaired) electrons. The molecule has 1 heterocycles. The predicted molar refractivity (Wildman–Crippen MR) is 74.4 cm³/mol. The molecule has 3 nitrogen and oxygen atoms in total. The van der Waals surface area contributed by atoms with Gasteiger partial charge in [0.1, 0.15) is 5.75 Å². The monoisotopic (exact) mass is 259 g/mol. The van der Waals surface area contributed by atoms with Crippen LogP contribution in [0, 0.1) is 5.92 Å². The zero-order valence-electron chi connectivity index (χ0n) is 11.2. The minimum Gasteiger partial charge on any atom is -0.508 e. The van der Waals surface area contributed by atoms with Crippen molar-refractivity contribution in [1.82, 2.24) is 4.90 Å². The first kappa shape index (κ1) is 12.7. The van der Waals surface area contributed by atoms with E-state index in [-0.39, 0.29) is 11.5 Å². The third kappa shape index (κ3) is 2.66. The maximum absolute atomic E-state index is 12.3. The molecule has 0 aromatic heterocycles. The number of phenolic OH excluding ortho intramolecular Hbond substituents is 1. The minimum atomic E-state index is 0.172. The van der Waals surface area contributed by atoms with E-state index >= 15 is 0 Å². The number of fused-ring (bicyclic) bond motifs is 1. The maximum atomic E-state index is 12.3. The number of carbonyl (C=O) groups excluding carboxylic acids is 1. The zero-order valence-corrected chi connectivity index (χ0v) is 11.2. The van der Waals surface area contributed by atoms with Crippen molar-refractivity contribution in [1.29, 1.82) is 0 Å². The minimum absolute atomic E-state index is 0.172. The van der Waals surface area contributed by atoms with Crippen LogP contribution in [0.15, 0.2) is 24.3 Å². The fraction of sp³-hybridized carbons (Fsp3) is 0.562. The van der Waals surface area contributed by atoms with Gasteiger partial charge >= 0.3 is 0 Å². The Morgan fingerprint density at radius 3 is 2.68 bits per heavy atom. The topological polar surface area (TPSA) is 40.5 Å². The Morgan fingerprint density at radius 2 is 1.89 bits per heavy atom. The van der Waals surface area contributed by atoms with Crippen molar-refractivity contribution in [2.24, 2.45) is 5.92 Å². The van der Waals surface area contributed by atoms with E-state index in [2.05, 4.69) is 4.90 Å². The van der Waals surface area contributed by atoms with Gasteiger partial charge in [0.25, 0.3) is 0 Å². The van der Waals surface area contributed by atoms with Crippen molar-refractivity contribution >= 4 is 5.78 Å². The first-order chi connectivity index (χ1) is 9.24. The number of hydrogen-bond acceptors (Lipinski definition) is 3. The lowest BCUT2D eigenvalue weighted by molar-refractivity contribution is 0.0896. The third-order valence-corrected chi connectivity index (χ3v) is 4.66. The molecule has 3 rings (SSSR count).